The molecule has 2 N–H and O–H groups in total. The highest BCUT2D eigenvalue weighted by atomic mass is 32.1. The number of rotatable bonds is 6. The maximum absolute atomic E-state index is 12.7. The van der Waals surface area contributed by atoms with Crippen molar-refractivity contribution in [2.75, 3.05) is 5.32 Å². The van der Waals surface area contributed by atoms with E-state index in [1.807, 2.05) is 19.9 Å². The Morgan fingerprint density at radius 3 is 2.90 bits per heavy atom. The molecule has 3 aromatic heterocycles. The van der Waals surface area contributed by atoms with E-state index < -0.39 is 0 Å². The summed E-state index contributed by atoms with van der Waals surface area (Å²) in [5, 5.41) is 10.7. The topological polar surface area (TPSA) is 92.7 Å². The summed E-state index contributed by atoms with van der Waals surface area (Å²) in [6, 6.07) is 1.92. The van der Waals surface area contributed by atoms with Gasteiger partial charge in [0.1, 0.15) is 4.83 Å². The molecule has 0 bridgehead atoms. The number of aromatic nitrogens is 4. The molecule has 0 unspecified atom stereocenters. The van der Waals surface area contributed by atoms with Gasteiger partial charge in [0.15, 0.2) is 5.82 Å². The number of H-pyrrole nitrogens is 1. The lowest BCUT2D eigenvalue weighted by Gasteiger charge is -2.20. The molecule has 0 radical (unpaired) electrons. The minimum Gasteiger partial charge on any atom is -0.309 e. The van der Waals surface area contributed by atoms with Gasteiger partial charge in [-0.1, -0.05) is 32.1 Å². The largest absolute Gasteiger partial charge is 0.309 e. The van der Waals surface area contributed by atoms with Crippen LogP contribution in [-0.2, 0) is 17.8 Å². The third-order valence-corrected chi connectivity index (χ3v) is 6.98. The lowest BCUT2D eigenvalue weighted by molar-refractivity contribution is -0.116. The molecular weight excluding hydrogens is 386 g/mol. The normalized spacial score (nSPS) is 15.1. The highest BCUT2D eigenvalue weighted by Crippen LogP contribution is 2.27. The van der Waals surface area contributed by atoms with Crippen LogP contribution < -0.4 is 10.9 Å². The van der Waals surface area contributed by atoms with Crippen molar-refractivity contribution in [3.8, 4) is 0 Å². The maximum atomic E-state index is 12.7. The van der Waals surface area contributed by atoms with Crippen molar-refractivity contribution in [2.24, 2.45) is 5.92 Å². The van der Waals surface area contributed by atoms with Crippen molar-refractivity contribution in [3.63, 3.8) is 0 Å². The summed E-state index contributed by atoms with van der Waals surface area (Å²) in [6.07, 6.45) is 9.24. The van der Waals surface area contributed by atoms with Gasteiger partial charge in [0.25, 0.3) is 5.56 Å². The van der Waals surface area contributed by atoms with Gasteiger partial charge >= 0.3 is 0 Å². The second-order valence-electron chi connectivity index (χ2n) is 7.99. The first-order valence-electron chi connectivity index (χ1n) is 10.3. The SMILES string of the molecule is Cc1sc2ncn(CCC(=O)Nc3cc(CC4CCCCC4)[nH]n3)c(=O)c2c1C. The van der Waals surface area contributed by atoms with E-state index in [9.17, 15) is 9.59 Å². The number of hydrogen-bond acceptors (Lipinski definition) is 5. The van der Waals surface area contributed by atoms with Crippen LogP contribution in [0.15, 0.2) is 17.2 Å². The number of aromatic amines is 1. The first-order chi connectivity index (χ1) is 14.0. The van der Waals surface area contributed by atoms with Crippen LogP contribution >= 0.6 is 11.3 Å². The Morgan fingerprint density at radius 2 is 2.10 bits per heavy atom. The minimum absolute atomic E-state index is 0.0841. The lowest BCUT2D eigenvalue weighted by Crippen LogP contribution is -2.23. The third-order valence-electron chi connectivity index (χ3n) is 5.87. The highest BCUT2D eigenvalue weighted by Gasteiger charge is 2.16. The number of amides is 1. The van der Waals surface area contributed by atoms with Crippen molar-refractivity contribution in [3.05, 3.63) is 38.9 Å². The second-order valence-corrected chi connectivity index (χ2v) is 9.19. The number of anilines is 1. The zero-order chi connectivity index (χ0) is 20.4. The van der Waals surface area contributed by atoms with E-state index in [1.165, 1.54) is 54.3 Å². The van der Waals surface area contributed by atoms with Crippen LogP contribution in [0.5, 0.6) is 0 Å². The van der Waals surface area contributed by atoms with E-state index in [0.717, 1.165) is 27.4 Å². The number of nitrogens with zero attached hydrogens (tertiary/aromatic N) is 3. The number of aryl methyl sites for hydroxylation is 3. The van der Waals surface area contributed by atoms with Crippen molar-refractivity contribution >= 4 is 33.3 Å². The molecule has 0 aliphatic heterocycles. The predicted octanol–water partition coefficient (Wildman–Crippen LogP) is 3.95. The molecule has 1 saturated carbocycles. The van der Waals surface area contributed by atoms with Crippen LogP contribution in [0.3, 0.4) is 0 Å². The number of thiophene rings is 1. The fourth-order valence-corrected chi connectivity index (χ4v) is 5.08. The first-order valence-corrected chi connectivity index (χ1v) is 11.1. The summed E-state index contributed by atoms with van der Waals surface area (Å²) < 4.78 is 1.51. The molecule has 1 aliphatic rings. The van der Waals surface area contributed by atoms with E-state index in [0.29, 0.717) is 23.7 Å². The summed E-state index contributed by atoms with van der Waals surface area (Å²) in [5.41, 5.74) is 1.96. The minimum atomic E-state index is -0.161. The monoisotopic (exact) mass is 413 g/mol. The molecule has 3 heterocycles. The van der Waals surface area contributed by atoms with Gasteiger partial charge in [-0.2, -0.15) is 5.10 Å². The zero-order valence-corrected chi connectivity index (χ0v) is 17.8. The molecule has 7 nitrogen and oxygen atoms in total. The average Bonchev–Trinajstić information content (AvgIpc) is 3.26. The fraction of sp³-hybridized carbons (Fsp3) is 0.524. The molecular formula is C21H27N5O2S. The molecule has 1 fully saturated rings. The Kier molecular flexibility index (Phi) is 5.80. The maximum Gasteiger partial charge on any atom is 0.262 e. The number of fused-ring (bicyclic) bond motifs is 1. The summed E-state index contributed by atoms with van der Waals surface area (Å²) in [4.78, 5) is 31.3. The zero-order valence-electron chi connectivity index (χ0n) is 17.0. The summed E-state index contributed by atoms with van der Waals surface area (Å²) >= 11 is 1.53. The Labute approximate surface area is 173 Å². The van der Waals surface area contributed by atoms with Gasteiger partial charge in [0.05, 0.1) is 11.7 Å². The van der Waals surface area contributed by atoms with Crippen LogP contribution in [0.4, 0.5) is 5.82 Å². The third kappa shape index (κ3) is 4.42. The van der Waals surface area contributed by atoms with Gasteiger partial charge in [-0.05, 0) is 31.7 Å². The molecule has 0 atom stereocenters. The van der Waals surface area contributed by atoms with Gasteiger partial charge in [-0.15, -0.1) is 11.3 Å². The molecule has 0 aromatic carbocycles. The standard InChI is InChI=1S/C21H27N5O2S/c1-13-14(2)29-20-19(13)21(28)26(12-22-20)9-8-18(27)23-17-11-16(24-25-17)10-15-6-4-3-5-7-15/h11-12,15H,3-10H2,1-2H3,(H2,23,24,25,27). The van der Waals surface area contributed by atoms with Crippen molar-refractivity contribution < 1.29 is 4.79 Å². The van der Waals surface area contributed by atoms with Gasteiger partial charge in [0.2, 0.25) is 5.91 Å². The molecule has 3 aromatic rings. The molecule has 4 rings (SSSR count). The molecule has 1 aliphatic carbocycles. The predicted molar refractivity (Wildman–Crippen MR) is 115 cm³/mol. The first kappa shape index (κ1) is 19.8. The molecule has 0 saturated heterocycles. The van der Waals surface area contributed by atoms with Crippen LogP contribution in [0, 0.1) is 19.8 Å². The van der Waals surface area contributed by atoms with Crippen molar-refractivity contribution in [1.29, 1.82) is 0 Å². The Hall–Kier alpha value is -2.48. The average molecular weight is 414 g/mol. The molecule has 8 heteroatoms. The van der Waals surface area contributed by atoms with Gasteiger partial charge in [-0.25, -0.2) is 4.98 Å². The van der Waals surface area contributed by atoms with Gasteiger partial charge in [-0.3, -0.25) is 19.3 Å². The quantitative estimate of drug-likeness (QED) is 0.640. The van der Waals surface area contributed by atoms with Crippen LogP contribution in [0.1, 0.15) is 54.7 Å². The van der Waals surface area contributed by atoms with E-state index in [4.69, 9.17) is 0 Å². The Morgan fingerprint density at radius 1 is 1.31 bits per heavy atom. The van der Waals surface area contributed by atoms with E-state index in [1.54, 1.807) is 0 Å². The second kappa shape index (κ2) is 8.49. The highest BCUT2D eigenvalue weighted by molar-refractivity contribution is 7.18. The molecule has 1 amide bonds. The van der Waals surface area contributed by atoms with E-state index in [-0.39, 0.29) is 17.9 Å². The van der Waals surface area contributed by atoms with Crippen LogP contribution in [-0.4, -0.2) is 25.7 Å². The van der Waals surface area contributed by atoms with E-state index >= 15 is 0 Å². The number of nitrogens with one attached hydrogen (secondary N) is 2. The van der Waals surface area contributed by atoms with Crippen molar-refractivity contribution in [1.82, 2.24) is 19.7 Å². The Balaban J connectivity index is 1.34. The van der Waals surface area contributed by atoms with Crippen LogP contribution in [0.25, 0.3) is 10.2 Å². The summed E-state index contributed by atoms with van der Waals surface area (Å²) in [6.45, 7) is 4.23. The molecule has 154 valence electrons. The summed E-state index contributed by atoms with van der Waals surface area (Å²) in [7, 11) is 0. The summed E-state index contributed by atoms with van der Waals surface area (Å²) in [5.74, 6) is 1.10. The molecule has 29 heavy (non-hydrogen) atoms. The number of carbonyl (C=O) groups is 1. The fourth-order valence-electron chi connectivity index (χ4n) is 4.09. The number of hydrogen-bond donors (Lipinski definition) is 2. The van der Waals surface area contributed by atoms with E-state index in [2.05, 4.69) is 20.5 Å². The smallest absolute Gasteiger partial charge is 0.262 e. The molecule has 0 spiro atoms. The number of carbonyl (C=O) groups excluding carboxylic acids is 1. The van der Waals surface area contributed by atoms with Crippen LogP contribution in [0.2, 0.25) is 0 Å². The van der Waals surface area contributed by atoms with Crippen molar-refractivity contribution in [2.45, 2.75) is 65.3 Å². The lowest BCUT2D eigenvalue weighted by atomic mass is 9.86. The Bertz CT molecular complexity index is 1070. The van der Waals surface area contributed by atoms with Gasteiger partial charge in [0, 0.05) is 29.6 Å². The van der Waals surface area contributed by atoms with Gasteiger partial charge < -0.3 is 5.32 Å².